The molecule has 1 aromatic carbocycles. The molecule has 3 heteroatoms. The van der Waals surface area contributed by atoms with Crippen LogP contribution in [0.1, 0.15) is 50.4 Å². The average Bonchev–Trinajstić information content (AvgIpc) is 2.52. The molecule has 0 aromatic heterocycles. The topological polar surface area (TPSA) is 54.4 Å². The lowest BCUT2D eigenvalue weighted by Gasteiger charge is -2.37. The summed E-state index contributed by atoms with van der Waals surface area (Å²) in [7, 11) is 0. The second kappa shape index (κ2) is 7.58. The maximum atomic E-state index is 12.4. The molecule has 1 aliphatic carbocycles. The first-order chi connectivity index (χ1) is 10.9. The van der Waals surface area contributed by atoms with E-state index >= 15 is 0 Å². The Labute approximate surface area is 138 Å². The SMILES string of the molecule is CC1CCC(C(C)C)C(C(=CC(=O)c2ccccc2)C(=O)O)C1. The molecule has 0 bridgehead atoms. The largest absolute Gasteiger partial charge is 0.478 e. The summed E-state index contributed by atoms with van der Waals surface area (Å²) in [6.07, 6.45) is 4.38. The van der Waals surface area contributed by atoms with Crippen LogP contribution in [0.25, 0.3) is 0 Å². The Morgan fingerprint density at radius 1 is 1.17 bits per heavy atom. The summed E-state index contributed by atoms with van der Waals surface area (Å²) in [5.74, 6) is 0.0375. The van der Waals surface area contributed by atoms with Crippen molar-refractivity contribution in [2.75, 3.05) is 0 Å². The summed E-state index contributed by atoms with van der Waals surface area (Å²) in [6.45, 7) is 6.46. The van der Waals surface area contributed by atoms with Gasteiger partial charge in [0.2, 0.25) is 0 Å². The van der Waals surface area contributed by atoms with Crippen LogP contribution >= 0.6 is 0 Å². The van der Waals surface area contributed by atoms with Crippen molar-refractivity contribution in [3.05, 3.63) is 47.5 Å². The van der Waals surface area contributed by atoms with Crippen molar-refractivity contribution < 1.29 is 14.7 Å². The van der Waals surface area contributed by atoms with Gasteiger partial charge >= 0.3 is 5.97 Å². The third-order valence-electron chi connectivity index (χ3n) is 5.01. The number of benzene rings is 1. The first-order valence-electron chi connectivity index (χ1n) is 8.44. The number of carboxylic acids is 1. The van der Waals surface area contributed by atoms with Gasteiger partial charge in [0, 0.05) is 11.1 Å². The third kappa shape index (κ3) is 4.31. The molecule has 1 fully saturated rings. The monoisotopic (exact) mass is 314 g/mol. The van der Waals surface area contributed by atoms with Crippen molar-refractivity contribution in [1.82, 2.24) is 0 Å². The van der Waals surface area contributed by atoms with E-state index in [2.05, 4.69) is 20.8 Å². The molecule has 0 aliphatic heterocycles. The number of carbonyl (C=O) groups is 2. The van der Waals surface area contributed by atoms with Gasteiger partial charge < -0.3 is 5.11 Å². The van der Waals surface area contributed by atoms with Crippen LogP contribution in [-0.2, 0) is 4.79 Å². The molecule has 3 atom stereocenters. The molecular weight excluding hydrogens is 288 g/mol. The fourth-order valence-electron chi connectivity index (χ4n) is 3.71. The van der Waals surface area contributed by atoms with Gasteiger partial charge in [-0.25, -0.2) is 4.79 Å². The van der Waals surface area contributed by atoms with E-state index in [0.29, 0.717) is 23.3 Å². The lowest BCUT2D eigenvalue weighted by Crippen LogP contribution is -2.31. The highest BCUT2D eigenvalue weighted by Crippen LogP contribution is 2.41. The van der Waals surface area contributed by atoms with Crippen LogP contribution in [0.3, 0.4) is 0 Å². The summed E-state index contributed by atoms with van der Waals surface area (Å²) in [5.41, 5.74) is 0.820. The molecule has 0 saturated heterocycles. The summed E-state index contributed by atoms with van der Waals surface area (Å²) < 4.78 is 0. The minimum atomic E-state index is -0.959. The van der Waals surface area contributed by atoms with Crippen LogP contribution < -0.4 is 0 Å². The number of allylic oxidation sites excluding steroid dienone is 1. The van der Waals surface area contributed by atoms with Gasteiger partial charge in [0.25, 0.3) is 0 Å². The summed E-state index contributed by atoms with van der Waals surface area (Å²) >= 11 is 0. The number of aliphatic carboxylic acids is 1. The zero-order valence-corrected chi connectivity index (χ0v) is 14.2. The van der Waals surface area contributed by atoms with Crippen molar-refractivity contribution in [2.45, 2.75) is 40.0 Å². The van der Waals surface area contributed by atoms with E-state index in [-0.39, 0.29) is 17.3 Å². The Balaban J connectivity index is 2.34. The lowest BCUT2D eigenvalue weighted by molar-refractivity contribution is -0.133. The zero-order valence-electron chi connectivity index (χ0n) is 14.2. The second-order valence-corrected chi connectivity index (χ2v) is 7.07. The number of rotatable bonds is 5. The molecule has 2 rings (SSSR count). The average molecular weight is 314 g/mol. The Morgan fingerprint density at radius 2 is 1.83 bits per heavy atom. The van der Waals surface area contributed by atoms with E-state index in [4.69, 9.17) is 0 Å². The molecular formula is C20H26O3. The van der Waals surface area contributed by atoms with Gasteiger partial charge in [-0.1, -0.05) is 57.5 Å². The minimum absolute atomic E-state index is 0.0380. The molecule has 1 aromatic rings. The minimum Gasteiger partial charge on any atom is -0.478 e. The molecule has 3 unspecified atom stereocenters. The van der Waals surface area contributed by atoms with Crippen molar-refractivity contribution >= 4 is 11.8 Å². The number of carboxylic acid groups (broad SMARTS) is 1. The molecule has 124 valence electrons. The summed E-state index contributed by atoms with van der Waals surface area (Å²) in [5, 5.41) is 9.69. The Kier molecular flexibility index (Phi) is 5.75. The normalized spacial score (nSPS) is 25.4. The maximum absolute atomic E-state index is 12.4. The predicted molar refractivity (Wildman–Crippen MR) is 91.3 cm³/mol. The van der Waals surface area contributed by atoms with Crippen LogP contribution in [0.4, 0.5) is 0 Å². The molecule has 0 spiro atoms. The smallest absolute Gasteiger partial charge is 0.331 e. The number of hydrogen-bond donors (Lipinski definition) is 1. The van der Waals surface area contributed by atoms with E-state index in [9.17, 15) is 14.7 Å². The van der Waals surface area contributed by atoms with E-state index in [1.54, 1.807) is 24.3 Å². The molecule has 0 amide bonds. The van der Waals surface area contributed by atoms with Gasteiger partial charge in [0.1, 0.15) is 0 Å². The van der Waals surface area contributed by atoms with Crippen LogP contribution in [0.2, 0.25) is 0 Å². The van der Waals surface area contributed by atoms with Crippen LogP contribution in [0, 0.1) is 23.7 Å². The lowest BCUT2D eigenvalue weighted by atomic mass is 9.67. The molecule has 0 radical (unpaired) electrons. The summed E-state index contributed by atoms with van der Waals surface area (Å²) in [6, 6.07) is 8.88. The zero-order chi connectivity index (χ0) is 17.0. The van der Waals surface area contributed by atoms with Crippen molar-refractivity contribution in [3.8, 4) is 0 Å². The van der Waals surface area contributed by atoms with Gasteiger partial charge in [-0.2, -0.15) is 0 Å². The Hall–Kier alpha value is -1.90. The summed E-state index contributed by atoms with van der Waals surface area (Å²) in [4.78, 5) is 24.2. The Morgan fingerprint density at radius 3 is 2.39 bits per heavy atom. The van der Waals surface area contributed by atoms with E-state index in [1.807, 2.05) is 6.07 Å². The first kappa shape index (κ1) is 17.5. The first-order valence-corrected chi connectivity index (χ1v) is 8.44. The standard InChI is InChI=1S/C20H26O3/c1-13(2)16-10-9-14(3)11-17(16)18(20(22)23)12-19(21)15-7-5-4-6-8-15/h4-8,12-14,16-17H,9-11H2,1-3H3,(H,22,23). The van der Waals surface area contributed by atoms with Crippen molar-refractivity contribution in [2.24, 2.45) is 23.7 Å². The van der Waals surface area contributed by atoms with Gasteiger partial charge in [-0.3, -0.25) is 4.79 Å². The van der Waals surface area contributed by atoms with Gasteiger partial charge in [0.05, 0.1) is 0 Å². The molecule has 0 heterocycles. The molecule has 1 saturated carbocycles. The van der Waals surface area contributed by atoms with Crippen molar-refractivity contribution in [3.63, 3.8) is 0 Å². The van der Waals surface area contributed by atoms with Gasteiger partial charge in [-0.05, 0) is 42.6 Å². The number of hydrogen-bond acceptors (Lipinski definition) is 2. The third-order valence-corrected chi connectivity index (χ3v) is 5.01. The van der Waals surface area contributed by atoms with Gasteiger partial charge in [0.15, 0.2) is 5.78 Å². The quantitative estimate of drug-likeness (QED) is 0.639. The highest BCUT2D eigenvalue weighted by molar-refractivity contribution is 6.08. The van der Waals surface area contributed by atoms with Crippen LogP contribution in [0.5, 0.6) is 0 Å². The molecule has 1 aliphatic rings. The maximum Gasteiger partial charge on any atom is 0.331 e. The molecule has 23 heavy (non-hydrogen) atoms. The fraction of sp³-hybridized carbons (Fsp3) is 0.500. The van der Waals surface area contributed by atoms with Crippen molar-refractivity contribution in [1.29, 1.82) is 0 Å². The predicted octanol–water partition coefficient (Wildman–Crippen LogP) is 4.59. The highest BCUT2D eigenvalue weighted by Gasteiger charge is 2.35. The van der Waals surface area contributed by atoms with E-state index < -0.39 is 5.97 Å². The second-order valence-electron chi connectivity index (χ2n) is 7.07. The highest BCUT2D eigenvalue weighted by atomic mass is 16.4. The fourth-order valence-corrected chi connectivity index (χ4v) is 3.71. The van der Waals surface area contributed by atoms with Crippen LogP contribution in [0.15, 0.2) is 42.0 Å². The number of ketones is 1. The Bertz CT molecular complexity index is 586. The molecule has 1 N–H and O–H groups in total. The van der Waals surface area contributed by atoms with Gasteiger partial charge in [-0.15, -0.1) is 0 Å². The van der Waals surface area contributed by atoms with E-state index in [1.165, 1.54) is 6.08 Å². The van der Waals surface area contributed by atoms with E-state index in [0.717, 1.165) is 19.3 Å². The number of carbonyl (C=O) groups excluding carboxylic acids is 1. The molecule has 3 nitrogen and oxygen atoms in total. The van der Waals surface area contributed by atoms with Crippen LogP contribution in [-0.4, -0.2) is 16.9 Å².